The summed E-state index contributed by atoms with van der Waals surface area (Å²) in [4.78, 5) is 14.1. The summed E-state index contributed by atoms with van der Waals surface area (Å²) in [6, 6.07) is 14.1. The molecule has 1 unspecified atom stereocenters. The predicted molar refractivity (Wildman–Crippen MR) is 97.4 cm³/mol. The Kier molecular flexibility index (Phi) is 6.46. The maximum absolute atomic E-state index is 12.1. The van der Waals surface area contributed by atoms with Crippen molar-refractivity contribution in [3.05, 3.63) is 64.7 Å². The van der Waals surface area contributed by atoms with Gasteiger partial charge in [-0.25, -0.2) is 4.79 Å². The summed E-state index contributed by atoms with van der Waals surface area (Å²) in [5.74, 6) is 0. The summed E-state index contributed by atoms with van der Waals surface area (Å²) in [6.07, 6.45) is 0. The maximum Gasteiger partial charge on any atom is 0.315 e. The number of carbonyl (C=O) groups excluding carboxylic acids is 1. The second-order valence-electron chi connectivity index (χ2n) is 5.68. The lowest BCUT2D eigenvalue weighted by molar-refractivity contribution is 0.216. The van der Waals surface area contributed by atoms with Crippen molar-refractivity contribution in [3.8, 4) is 0 Å². The molecule has 0 aromatic heterocycles. The molecule has 0 saturated carbocycles. The molecule has 0 aliphatic carbocycles. The average molecular weight is 348 g/mol. The van der Waals surface area contributed by atoms with Gasteiger partial charge in [0.25, 0.3) is 0 Å². The van der Waals surface area contributed by atoms with Gasteiger partial charge in [-0.05, 0) is 35.4 Å². The standard InChI is InChI=1S/C18H22ClN3O2/c1-22(2)16-5-3-4-13(10-16)11-20-18(24)21-17(12-23)14-6-8-15(19)9-7-14/h3-10,17,23H,11-12H2,1-2H3,(H2,20,21,24). The first-order valence-electron chi connectivity index (χ1n) is 7.66. The maximum atomic E-state index is 12.1. The van der Waals surface area contributed by atoms with Gasteiger partial charge in [0, 0.05) is 31.4 Å². The molecule has 2 rings (SSSR count). The van der Waals surface area contributed by atoms with Crippen LogP contribution in [0.1, 0.15) is 17.2 Å². The molecule has 0 saturated heterocycles. The molecule has 0 heterocycles. The second kappa shape index (κ2) is 8.57. The number of amides is 2. The van der Waals surface area contributed by atoms with E-state index in [1.165, 1.54) is 0 Å². The van der Waals surface area contributed by atoms with Crippen LogP contribution in [0.25, 0.3) is 0 Å². The lowest BCUT2D eigenvalue weighted by atomic mass is 10.1. The van der Waals surface area contributed by atoms with Gasteiger partial charge in [0.2, 0.25) is 0 Å². The molecule has 0 spiro atoms. The largest absolute Gasteiger partial charge is 0.394 e. The highest BCUT2D eigenvalue weighted by molar-refractivity contribution is 6.30. The van der Waals surface area contributed by atoms with E-state index in [0.29, 0.717) is 11.6 Å². The van der Waals surface area contributed by atoms with Crippen molar-refractivity contribution in [3.63, 3.8) is 0 Å². The number of hydrogen-bond donors (Lipinski definition) is 3. The van der Waals surface area contributed by atoms with Crippen LogP contribution in [0.15, 0.2) is 48.5 Å². The van der Waals surface area contributed by atoms with Crippen LogP contribution in [0, 0.1) is 0 Å². The van der Waals surface area contributed by atoms with E-state index in [4.69, 9.17) is 11.6 Å². The molecule has 2 aromatic rings. The fraction of sp³-hybridized carbons (Fsp3) is 0.278. The van der Waals surface area contributed by atoms with Crippen LogP contribution >= 0.6 is 11.6 Å². The highest BCUT2D eigenvalue weighted by atomic mass is 35.5. The van der Waals surface area contributed by atoms with Gasteiger partial charge in [-0.15, -0.1) is 0 Å². The van der Waals surface area contributed by atoms with Gasteiger partial charge >= 0.3 is 6.03 Å². The number of rotatable bonds is 6. The third-order valence-electron chi connectivity index (χ3n) is 3.64. The number of aliphatic hydroxyl groups is 1. The van der Waals surface area contributed by atoms with Crippen molar-refractivity contribution < 1.29 is 9.90 Å². The van der Waals surface area contributed by atoms with Crippen LogP contribution in [0.2, 0.25) is 5.02 Å². The molecule has 3 N–H and O–H groups in total. The van der Waals surface area contributed by atoms with Crippen molar-refractivity contribution in [2.45, 2.75) is 12.6 Å². The van der Waals surface area contributed by atoms with Gasteiger partial charge in [0.15, 0.2) is 0 Å². The first-order valence-corrected chi connectivity index (χ1v) is 8.04. The van der Waals surface area contributed by atoms with Crippen LogP contribution in [0.3, 0.4) is 0 Å². The molecule has 128 valence electrons. The lowest BCUT2D eigenvalue weighted by Crippen LogP contribution is -2.38. The molecule has 24 heavy (non-hydrogen) atoms. The molecule has 2 amide bonds. The summed E-state index contributed by atoms with van der Waals surface area (Å²) in [5.41, 5.74) is 2.87. The Bertz CT molecular complexity index is 674. The molecule has 0 aliphatic heterocycles. The normalized spacial score (nSPS) is 11.7. The number of halogens is 1. The monoisotopic (exact) mass is 347 g/mol. The fourth-order valence-electron chi connectivity index (χ4n) is 2.27. The molecule has 0 bridgehead atoms. The highest BCUT2D eigenvalue weighted by Gasteiger charge is 2.13. The van der Waals surface area contributed by atoms with Gasteiger partial charge in [-0.2, -0.15) is 0 Å². The van der Waals surface area contributed by atoms with Gasteiger partial charge in [-0.3, -0.25) is 0 Å². The van der Waals surface area contributed by atoms with Crippen LogP contribution < -0.4 is 15.5 Å². The molecule has 0 aliphatic rings. The van der Waals surface area contributed by atoms with Crippen LogP contribution in [0.5, 0.6) is 0 Å². The van der Waals surface area contributed by atoms with E-state index in [1.54, 1.807) is 24.3 Å². The Morgan fingerprint density at radius 3 is 2.54 bits per heavy atom. The number of urea groups is 1. The number of hydrogen-bond acceptors (Lipinski definition) is 3. The number of carbonyl (C=O) groups is 1. The summed E-state index contributed by atoms with van der Waals surface area (Å²) in [6.45, 7) is 0.220. The van der Waals surface area contributed by atoms with Crippen molar-refractivity contribution in [2.24, 2.45) is 0 Å². The van der Waals surface area contributed by atoms with E-state index in [1.807, 2.05) is 43.3 Å². The topological polar surface area (TPSA) is 64.6 Å². The zero-order valence-corrected chi connectivity index (χ0v) is 14.5. The number of benzene rings is 2. The number of anilines is 1. The smallest absolute Gasteiger partial charge is 0.315 e. The zero-order chi connectivity index (χ0) is 17.5. The van der Waals surface area contributed by atoms with E-state index >= 15 is 0 Å². The Hall–Kier alpha value is -2.24. The van der Waals surface area contributed by atoms with Crippen LogP contribution in [-0.4, -0.2) is 31.8 Å². The summed E-state index contributed by atoms with van der Waals surface area (Å²) in [5, 5.41) is 15.7. The zero-order valence-electron chi connectivity index (χ0n) is 13.8. The molecule has 6 heteroatoms. The molecule has 0 fully saturated rings. The molecule has 0 radical (unpaired) electrons. The quantitative estimate of drug-likeness (QED) is 0.752. The van der Waals surface area contributed by atoms with Gasteiger partial charge < -0.3 is 20.6 Å². The highest BCUT2D eigenvalue weighted by Crippen LogP contribution is 2.16. The molecular formula is C18H22ClN3O2. The first kappa shape index (κ1) is 18.1. The van der Waals surface area contributed by atoms with Crippen LogP contribution in [-0.2, 0) is 6.54 Å². The van der Waals surface area contributed by atoms with E-state index in [9.17, 15) is 9.90 Å². The summed E-state index contributed by atoms with van der Waals surface area (Å²) >= 11 is 5.85. The van der Waals surface area contributed by atoms with Gasteiger partial charge in [-0.1, -0.05) is 35.9 Å². The third-order valence-corrected chi connectivity index (χ3v) is 3.89. The van der Waals surface area contributed by atoms with Crippen molar-refractivity contribution in [1.29, 1.82) is 0 Å². The van der Waals surface area contributed by atoms with E-state index in [-0.39, 0.29) is 12.6 Å². The first-order chi connectivity index (χ1) is 11.5. The fourth-order valence-corrected chi connectivity index (χ4v) is 2.39. The summed E-state index contributed by atoms with van der Waals surface area (Å²) < 4.78 is 0. The Morgan fingerprint density at radius 2 is 1.92 bits per heavy atom. The lowest BCUT2D eigenvalue weighted by Gasteiger charge is -2.18. The minimum atomic E-state index is -0.477. The van der Waals surface area contributed by atoms with Crippen molar-refractivity contribution in [1.82, 2.24) is 10.6 Å². The van der Waals surface area contributed by atoms with Gasteiger partial charge in [0.05, 0.1) is 12.6 Å². The molecule has 2 aromatic carbocycles. The Balaban J connectivity index is 1.92. The minimum absolute atomic E-state index is 0.189. The third kappa shape index (κ3) is 5.15. The molecule has 5 nitrogen and oxygen atoms in total. The second-order valence-corrected chi connectivity index (χ2v) is 6.11. The minimum Gasteiger partial charge on any atom is -0.394 e. The van der Waals surface area contributed by atoms with Crippen molar-refractivity contribution in [2.75, 3.05) is 25.6 Å². The number of aliphatic hydroxyl groups excluding tert-OH is 1. The predicted octanol–water partition coefficient (Wildman–Crippen LogP) is 2.94. The summed E-state index contributed by atoms with van der Waals surface area (Å²) in [7, 11) is 3.94. The Morgan fingerprint density at radius 1 is 1.21 bits per heavy atom. The van der Waals surface area contributed by atoms with E-state index < -0.39 is 6.04 Å². The average Bonchev–Trinajstić information content (AvgIpc) is 2.59. The van der Waals surface area contributed by atoms with Gasteiger partial charge in [0.1, 0.15) is 0 Å². The molecule has 1 atom stereocenters. The van der Waals surface area contributed by atoms with Crippen molar-refractivity contribution >= 4 is 23.3 Å². The van der Waals surface area contributed by atoms with E-state index in [0.717, 1.165) is 16.8 Å². The Labute approximate surface area is 147 Å². The SMILES string of the molecule is CN(C)c1cccc(CNC(=O)NC(CO)c2ccc(Cl)cc2)c1. The number of nitrogens with zero attached hydrogens (tertiary/aromatic N) is 1. The van der Waals surface area contributed by atoms with E-state index in [2.05, 4.69) is 10.6 Å². The molecular weight excluding hydrogens is 326 g/mol. The van der Waals surface area contributed by atoms with Crippen LogP contribution in [0.4, 0.5) is 10.5 Å². The number of nitrogens with one attached hydrogen (secondary N) is 2.